The molecule has 1 unspecified atom stereocenters. The number of hydrogen-bond donors (Lipinski definition) is 1. The van der Waals surface area contributed by atoms with Gasteiger partial charge in [-0.05, 0) is 37.0 Å². The molecule has 3 aromatic rings. The topological polar surface area (TPSA) is 99.9 Å². The molecule has 0 spiro atoms. The van der Waals surface area contributed by atoms with Crippen molar-refractivity contribution in [3.63, 3.8) is 0 Å². The number of nitrogens with zero attached hydrogens (tertiary/aromatic N) is 5. The van der Waals surface area contributed by atoms with E-state index in [9.17, 15) is 14.4 Å². The van der Waals surface area contributed by atoms with Gasteiger partial charge in [-0.2, -0.15) is 0 Å². The second-order valence-electron chi connectivity index (χ2n) is 9.17. The van der Waals surface area contributed by atoms with E-state index in [2.05, 4.69) is 32.0 Å². The minimum Gasteiger partial charge on any atom is -0.353 e. The van der Waals surface area contributed by atoms with Crippen LogP contribution < -0.4 is 10.2 Å². The first-order valence-electron chi connectivity index (χ1n) is 11.9. The first-order valence-corrected chi connectivity index (χ1v) is 11.9. The lowest BCUT2D eigenvalue weighted by atomic mass is 9.96. The van der Waals surface area contributed by atoms with E-state index in [1.54, 1.807) is 23.4 Å². The lowest BCUT2D eigenvalue weighted by Crippen LogP contribution is -2.52. The van der Waals surface area contributed by atoms with Crippen molar-refractivity contribution in [1.82, 2.24) is 24.6 Å². The maximum Gasteiger partial charge on any atom is 0.255 e. The Labute approximate surface area is 202 Å². The molecule has 9 nitrogen and oxygen atoms in total. The van der Waals surface area contributed by atoms with E-state index >= 15 is 0 Å². The van der Waals surface area contributed by atoms with Crippen molar-refractivity contribution >= 4 is 29.2 Å². The number of amides is 3. The van der Waals surface area contributed by atoms with Gasteiger partial charge >= 0.3 is 0 Å². The van der Waals surface area contributed by atoms with Gasteiger partial charge < -0.3 is 14.2 Å². The molecule has 0 bridgehead atoms. The average molecular weight is 469 g/mol. The second kappa shape index (κ2) is 8.55. The number of aromatic nitrogens is 3. The molecule has 6 rings (SSSR count). The highest BCUT2D eigenvalue weighted by molar-refractivity contribution is 6.05. The molecule has 9 heteroatoms. The van der Waals surface area contributed by atoms with E-state index in [1.807, 2.05) is 28.9 Å². The number of anilines is 1. The van der Waals surface area contributed by atoms with Crippen molar-refractivity contribution in [3.8, 4) is 11.8 Å². The summed E-state index contributed by atoms with van der Waals surface area (Å²) in [7, 11) is 0. The molecule has 2 fully saturated rings. The Morgan fingerprint density at radius 3 is 2.60 bits per heavy atom. The Morgan fingerprint density at radius 2 is 1.80 bits per heavy atom. The molecule has 3 aliphatic heterocycles. The van der Waals surface area contributed by atoms with Gasteiger partial charge in [-0.3, -0.25) is 19.7 Å². The third-order valence-corrected chi connectivity index (χ3v) is 7.08. The van der Waals surface area contributed by atoms with Crippen molar-refractivity contribution in [2.75, 3.05) is 18.0 Å². The van der Waals surface area contributed by atoms with Crippen LogP contribution in [0.5, 0.6) is 0 Å². The van der Waals surface area contributed by atoms with E-state index in [0.717, 1.165) is 48.5 Å². The predicted octanol–water partition coefficient (Wildman–Crippen LogP) is 1.76. The van der Waals surface area contributed by atoms with Crippen molar-refractivity contribution in [3.05, 3.63) is 59.7 Å². The molecule has 0 saturated carbocycles. The van der Waals surface area contributed by atoms with Gasteiger partial charge in [0, 0.05) is 67.9 Å². The number of benzene rings is 1. The van der Waals surface area contributed by atoms with Crippen molar-refractivity contribution in [2.45, 2.75) is 38.3 Å². The van der Waals surface area contributed by atoms with Gasteiger partial charge in [0.2, 0.25) is 11.8 Å². The van der Waals surface area contributed by atoms with Crippen LogP contribution in [0.2, 0.25) is 0 Å². The molecule has 35 heavy (non-hydrogen) atoms. The number of imide groups is 1. The SMILES string of the molecule is O=C1CCC(N2Cc3c(C#CC4CCN(c5nccn6ccnc56)CC4)cccc3C2=O)C(=O)N1. The van der Waals surface area contributed by atoms with Gasteiger partial charge in [0.1, 0.15) is 6.04 Å². The summed E-state index contributed by atoms with van der Waals surface area (Å²) in [5.41, 5.74) is 3.15. The molecule has 2 aromatic heterocycles. The Bertz CT molecular complexity index is 1410. The van der Waals surface area contributed by atoms with Crippen molar-refractivity contribution < 1.29 is 14.4 Å². The molecular weight excluding hydrogens is 444 g/mol. The largest absolute Gasteiger partial charge is 0.353 e. The van der Waals surface area contributed by atoms with E-state index < -0.39 is 11.9 Å². The van der Waals surface area contributed by atoms with Crippen LogP contribution in [-0.2, 0) is 16.1 Å². The van der Waals surface area contributed by atoms with E-state index in [-0.39, 0.29) is 24.2 Å². The minimum atomic E-state index is -0.620. The van der Waals surface area contributed by atoms with E-state index in [1.165, 1.54) is 0 Å². The Balaban J connectivity index is 1.16. The highest BCUT2D eigenvalue weighted by atomic mass is 16.2. The molecule has 5 heterocycles. The van der Waals surface area contributed by atoms with Crippen LogP contribution in [0.25, 0.3) is 5.65 Å². The molecular formula is C26H24N6O3. The third kappa shape index (κ3) is 3.81. The summed E-state index contributed by atoms with van der Waals surface area (Å²) in [6.07, 6.45) is 9.84. The van der Waals surface area contributed by atoms with Crippen molar-refractivity contribution in [2.24, 2.45) is 5.92 Å². The molecule has 3 aliphatic rings. The van der Waals surface area contributed by atoms with Gasteiger partial charge in [0.25, 0.3) is 5.91 Å². The summed E-state index contributed by atoms with van der Waals surface area (Å²) in [6, 6.07) is 4.95. The predicted molar refractivity (Wildman–Crippen MR) is 127 cm³/mol. The Kier molecular flexibility index (Phi) is 5.21. The van der Waals surface area contributed by atoms with Gasteiger partial charge in [0.05, 0.1) is 0 Å². The molecule has 1 N–H and O–H groups in total. The zero-order valence-electron chi connectivity index (χ0n) is 19.1. The Morgan fingerprint density at radius 1 is 1.00 bits per heavy atom. The fraction of sp³-hybridized carbons (Fsp3) is 0.346. The summed E-state index contributed by atoms with van der Waals surface area (Å²) < 4.78 is 1.98. The first kappa shape index (κ1) is 21.4. The highest BCUT2D eigenvalue weighted by Crippen LogP contribution is 2.30. The standard InChI is InChI=1S/C26H24N6O3/c33-22-7-6-21(25(34)29-22)32-16-20-18(2-1-3-19(20)26(32)35)5-4-17-8-12-30(13-9-17)23-24-28-11-15-31(24)14-10-27-23/h1-3,10-11,14-15,17,21H,6-9,12-13,16H2,(H,29,33,34). The zero-order valence-corrected chi connectivity index (χ0v) is 19.1. The maximum atomic E-state index is 13.0. The summed E-state index contributed by atoms with van der Waals surface area (Å²) in [5, 5.41) is 2.35. The summed E-state index contributed by atoms with van der Waals surface area (Å²) >= 11 is 0. The number of nitrogens with one attached hydrogen (secondary N) is 1. The number of rotatable bonds is 2. The number of hydrogen-bond acceptors (Lipinski definition) is 6. The third-order valence-electron chi connectivity index (χ3n) is 7.08. The minimum absolute atomic E-state index is 0.174. The molecule has 176 valence electrons. The van der Waals surface area contributed by atoms with Crippen LogP contribution in [0, 0.1) is 17.8 Å². The van der Waals surface area contributed by atoms with Crippen LogP contribution in [0.15, 0.2) is 43.0 Å². The van der Waals surface area contributed by atoms with Gasteiger partial charge in [-0.25, -0.2) is 9.97 Å². The zero-order chi connectivity index (χ0) is 23.9. The molecule has 0 radical (unpaired) electrons. The molecule has 0 aliphatic carbocycles. The normalized spacial score (nSPS) is 20.6. The summed E-state index contributed by atoms with van der Waals surface area (Å²) in [4.78, 5) is 49.7. The van der Waals surface area contributed by atoms with E-state index in [4.69, 9.17) is 0 Å². The molecule has 1 atom stereocenters. The monoisotopic (exact) mass is 468 g/mol. The molecule has 3 amide bonds. The van der Waals surface area contributed by atoms with Gasteiger partial charge in [-0.1, -0.05) is 17.9 Å². The fourth-order valence-electron chi connectivity index (χ4n) is 5.18. The molecule has 1 aromatic carbocycles. The fourth-order valence-corrected chi connectivity index (χ4v) is 5.18. The van der Waals surface area contributed by atoms with Crippen LogP contribution in [0.1, 0.15) is 47.2 Å². The highest BCUT2D eigenvalue weighted by Gasteiger charge is 2.39. The number of carbonyl (C=O) groups excluding carboxylic acids is 3. The smallest absolute Gasteiger partial charge is 0.255 e. The Hall–Kier alpha value is -4.19. The van der Waals surface area contributed by atoms with Crippen LogP contribution in [0.4, 0.5) is 5.82 Å². The van der Waals surface area contributed by atoms with Crippen LogP contribution in [-0.4, -0.2) is 56.1 Å². The number of fused-ring (bicyclic) bond motifs is 2. The second-order valence-corrected chi connectivity index (χ2v) is 9.17. The molecule has 2 saturated heterocycles. The van der Waals surface area contributed by atoms with Crippen LogP contribution in [0.3, 0.4) is 0 Å². The quantitative estimate of drug-likeness (QED) is 0.455. The number of piperidine rings is 2. The number of carbonyl (C=O) groups is 3. The first-order chi connectivity index (χ1) is 17.1. The lowest BCUT2D eigenvalue weighted by Gasteiger charge is -2.30. The van der Waals surface area contributed by atoms with Crippen LogP contribution >= 0.6 is 0 Å². The average Bonchev–Trinajstić information content (AvgIpc) is 3.48. The van der Waals surface area contributed by atoms with Gasteiger partial charge in [0.15, 0.2) is 11.5 Å². The summed E-state index contributed by atoms with van der Waals surface area (Å²) in [6.45, 7) is 2.05. The van der Waals surface area contributed by atoms with Crippen molar-refractivity contribution in [1.29, 1.82) is 0 Å². The van der Waals surface area contributed by atoms with E-state index in [0.29, 0.717) is 18.5 Å². The summed E-state index contributed by atoms with van der Waals surface area (Å²) in [5.74, 6) is 7.04. The van der Waals surface area contributed by atoms with Gasteiger partial charge in [-0.15, -0.1) is 0 Å². The lowest BCUT2D eigenvalue weighted by molar-refractivity contribution is -0.136. The maximum absolute atomic E-state index is 13.0. The number of imidazole rings is 1.